The molecule has 0 fully saturated rings. The van der Waals surface area contributed by atoms with Crippen LogP contribution in [0.5, 0.6) is 5.75 Å². The minimum Gasteiger partial charge on any atom is -0.436 e. The van der Waals surface area contributed by atoms with Gasteiger partial charge in [0.05, 0.1) is 11.3 Å². The van der Waals surface area contributed by atoms with Crippen LogP contribution in [0.2, 0.25) is 5.02 Å². The number of fused-ring (bicyclic) bond motifs is 1. The largest absolute Gasteiger partial charge is 0.436 e. The van der Waals surface area contributed by atoms with Gasteiger partial charge in [0, 0.05) is 21.3 Å². The fraction of sp³-hybridized carbons (Fsp3) is 0.0357. The van der Waals surface area contributed by atoms with E-state index in [1.165, 1.54) is 0 Å². The number of rotatable bonds is 5. The first kappa shape index (κ1) is 23.0. The van der Waals surface area contributed by atoms with Gasteiger partial charge in [0.2, 0.25) is 5.89 Å². The number of aryl methyl sites for hydroxylation is 1. The third kappa shape index (κ3) is 5.34. The minimum atomic E-state index is -0.415. The SMILES string of the molecule is Cc1ccc(-c2nc3cc(Cl)ccc3o2)cc1N=Cc1ccc(OC(=O)c2cccc(Br)c2)cc1. The molecule has 5 nitrogen and oxygen atoms in total. The zero-order valence-corrected chi connectivity index (χ0v) is 20.9. The summed E-state index contributed by atoms with van der Waals surface area (Å²) in [6.45, 7) is 1.99. The molecule has 35 heavy (non-hydrogen) atoms. The fourth-order valence-corrected chi connectivity index (χ4v) is 4.02. The maximum atomic E-state index is 12.3. The van der Waals surface area contributed by atoms with E-state index >= 15 is 0 Å². The lowest BCUT2D eigenvalue weighted by Gasteiger charge is -2.05. The van der Waals surface area contributed by atoms with Crippen molar-refractivity contribution >= 4 is 56.5 Å². The molecule has 0 bridgehead atoms. The molecular weight excluding hydrogens is 528 g/mol. The molecule has 5 aromatic rings. The van der Waals surface area contributed by atoms with Gasteiger partial charge in [0.15, 0.2) is 5.58 Å². The highest BCUT2D eigenvalue weighted by molar-refractivity contribution is 9.10. The zero-order valence-electron chi connectivity index (χ0n) is 18.5. The molecule has 7 heteroatoms. The molecule has 0 amide bonds. The van der Waals surface area contributed by atoms with Gasteiger partial charge >= 0.3 is 5.97 Å². The molecule has 4 aromatic carbocycles. The lowest BCUT2D eigenvalue weighted by atomic mass is 10.1. The number of carbonyl (C=O) groups is 1. The van der Waals surface area contributed by atoms with Crippen LogP contribution in [0.3, 0.4) is 0 Å². The number of carbonyl (C=O) groups excluding carboxylic acids is 1. The quantitative estimate of drug-likeness (QED) is 0.127. The Morgan fingerprint density at radius 2 is 1.86 bits per heavy atom. The molecule has 0 spiro atoms. The molecule has 1 heterocycles. The van der Waals surface area contributed by atoms with Crippen LogP contribution in [0.15, 0.2) is 98.8 Å². The third-order valence-corrected chi connectivity index (χ3v) is 6.04. The highest BCUT2D eigenvalue weighted by Crippen LogP contribution is 2.30. The predicted octanol–water partition coefficient (Wildman–Crippen LogP) is 8.19. The molecule has 0 aliphatic heterocycles. The van der Waals surface area contributed by atoms with E-state index in [4.69, 9.17) is 20.8 Å². The summed E-state index contributed by atoms with van der Waals surface area (Å²) in [7, 11) is 0. The number of esters is 1. The summed E-state index contributed by atoms with van der Waals surface area (Å²) in [5.74, 6) is 0.554. The standard InChI is InChI=1S/C28H18BrClN2O3/c1-17-5-8-19(27-32-25-15-22(30)9-12-26(25)35-27)14-24(17)31-16-18-6-10-23(11-7-18)34-28(33)20-3-2-4-21(29)13-20/h2-16H,1H3. The van der Waals surface area contributed by atoms with Crippen molar-refractivity contribution in [2.75, 3.05) is 0 Å². The van der Waals surface area contributed by atoms with Crippen molar-refractivity contribution in [3.05, 3.63) is 111 Å². The second-order valence-corrected chi connectivity index (χ2v) is 9.21. The molecule has 0 atom stereocenters. The molecule has 0 unspecified atom stereocenters. The molecule has 1 aromatic heterocycles. The van der Waals surface area contributed by atoms with E-state index in [2.05, 4.69) is 25.9 Å². The summed E-state index contributed by atoms with van der Waals surface area (Å²) in [4.78, 5) is 21.5. The number of aromatic nitrogens is 1. The van der Waals surface area contributed by atoms with E-state index in [1.807, 2.05) is 43.3 Å². The first-order chi connectivity index (χ1) is 16.9. The average Bonchev–Trinajstić information content (AvgIpc) is 3.27. The van der Waals surface area contributed by atoms with Gasteiger partial charge < -0.3 is 9.15 Å². The second kappa shape index (κ2) is 9.86. The molecule has 0 radical (unpaired) electrons. The molecule has 0 saturated heterocycles. The van der Waals surface area contributed by atoms with Crippen LogP contribution in [0.1, 0.15) is 21.5 Å². The van der Waals surface area contributed by atoms with Crippen molar-refractivity contribution in [2.45, 2.75) is 6.92 Å². The maximum Gasteiger partial charge on any atom is 0.343 e. The van der Waals surface area contributed by atoms with Crippen molar-refractivity contribution < 1.29 is 13.9 Å². The van der Waals surface area contributed by atoms with Crippen molar-refractivity contribution in [2.24, 2.45) is 4.99 Å². The Morgan fingerprint density at radius 3 is 2.66 bits per heavy atom. The van der Waals surface area contributed by atoms with Gasteiger partial charge in [-0.05, 0) is 90.8 Å². The second-order valence-electron chi connectivity index (χ2n) is 7.86. The van der Waals surface area contributed by atoms with E-state index in [9.17, 15) is 4.79 Å². The van der Waals surface area contributed by atoms with Crippen molar-refractivity contribution in [3.63, 3.8) is 0 Å². The summed E-state index contributed by atoms with van der Waals surface area (Å²) in [5.41, 5.74) is 5.37. The Kier molecular flexibility index (Phi) is 6.49. The first-order valence-electron chi connectivity index (χ1n) is 10.7. The maximum absolute atomic E-state index is 12.3. The number of oxazole rings is 1. The topological polar surface area (TPSA) is 64.7 Å². The van der Waals surface area contributed by atoms with E-state index in [1.54, 1.807) is 54.7 Å². The van der Waals surface area contributed by atoms with Gasteiger partial charge in [0.25, 0.3) is 0 Å². The molecule has 172 valence electrons. The molecule has 5 rings (SSSR count). The number of halogens is 2. The van der Waals surface area contributed by atoms with E-state index < -0.39 is 5.97 Å². The highest BCUT2D eigenvalue weighted by Gasteiger charge is 2.11. The molecule has 0 aliphatic rings. The first-order valence-corrected chi connectivity index (χ1v) is 11.9. The Hall–Kier alpha value is -3.74. The van der Waals surface area contributed by atoms with Gasteiger partial charge in [-0.2, -0.15) is 0 Å². The number of ether oxygens (including phenoxy) is 1. The Morgan fingerprint density at radius 1 is 1.03 bits per heavy atom. The molecule has 0 saturated carbocycles. The zero-order chi connectivity index (χ0) is 24.4. The number of benzene rings is 4. The Balaban J connectivity index is 1.32. The highest BCUT2D eigenvalue weighted by atomic mass is 79.9. The lowest BCUT2D eigenvalue weighted by molar-refractivity contribution is 0.0734. The van der Waals surface area contributed by atoms with Gasteiger partial charge in [-0.1, -0.05) is 39.7 Å². The Labute approximate surface area is 215 Å². The van der Waals surface area contributed by atoms with E-state index in [-0.39, 0.29) is 0 Å². The van der Waals surface area contributed by atoms with Crippen molar-refractivity contribution in [1.82, 2.24) is 4.98 Å². The van der Waals surface area contributed by atoms with Crippen LogP contribution in [-0.2, 0) is 0 Å². The normalized spacial score (nSPS) is 11.3. The predicted molar refractivity (Wildman–Crippen MR) is 142 cm³/mol. The van der Waals surface area contributed by atoms with Crippen LogP contribution in [-0.4, -0.2) is 17.2 Å². The van der Waals surface area contributed by atoms with E-state index in [0.717, 1.165) is 26.9 Å². The van der Waals surface area contributed by atoms with Crippen LogP contribution in [0, 0.1) is 6.92 Å². The average molecular weight is 546 g/mol. The number of hydrogen-bond acceptors (Lipinski definition) is 5. The number of nitrogens with zero attached hydrogens (tertiary/aromatic N) is 2. The lowest BCUT2D eigenvalue weighted by Crippen LogP contribution is -2.08. The summed E-state index contributed by atoms with van der Waals surface area (Å²) in [6, 6.07) is 25.5. The summed E-state index contributed by atoms with van der Waals surface area (Å²) in [5, 5.41) is 0.612. The number of hydrogen-bond donors (Lipinski definition) is 0. The van der Waals surface area contributed by atoms with Gasteiger partial charge in [-0.25, -0.2) is 9.78 Å². The fourth-order valence-electron chi connectivity index (χ4n) is 3.45. The Bertz CT molecular complexity index is 1580. The monoisotopic (exact) mass is 544 g/mol. The van der Waals surface area contributed by atoms with Crippen molar-refractivity contribution in [3.8, 4) is 17.2 Å². The van der Waals surface area contributed by atoms with Crippen molar-refractivity contribution in [1.29, 1.82) is 0 Å². The van der Waals surface area contributed by atoms with Crippen LogP contribution >= 0.6 is 27.5 Å². The smallest absolute Gasteiger partial charge is 0.343 e. The van der Waals surface area contributed by atoms with Gasteiger partial charge in [-0.3, -0.25) is 4.99 Å². The van der Waals surface area contributed by atoms with E-state index in [0.29, 0.717) is 33.3 Å². The van der Waals surface area contributed by atoms with Gasteiger partial charge in [0.1, 0.15) is 11.3 Å². The van der Waals surface area contributed by atoms with Crippen LogP contribution in [0.25, 0.3) is 22.6 Å². The van der Waals surface area contributed by atoms with Crippen LogP contribution < -0.4 is 4.74 Å². The molecule has 0 aliphatic carbocycles. The summed E-state index contributed by atoms with van der Waals surface area (Å²) in [6.07, 6.45) is 1.76. The number of aliphatic imine (C=N–C) groups is 1. The minimum absolute atomic E-state index is 0.415. The summed E-state index contributed by atoms with van der Waals surface area (Å²) >= 11 is 9.42. The third-order valence-electron chi connectivity index (χ3n) is 5.31. The van der Waals surface area contributed by atoms with Crippen LogP contribution in [0.4, 0.5) is 5.69 Å². The molecular formula is C28H18BrClN2O3. The molecule has 0 N–H and O–H groups in total. The summed E-state index contributed by atoms with van der Waals surface area (Å²) < 4.78 is 12.2. The van der Waals surface area contributed by atoms with Gasteiger partial charge in [-0.15, -0.1) is 0 Å².